The standard InChI is InChI=1S/C11H15BrO4/c1-16-7-2-3-8(10(14)6-7)11(15)9(13)4-5-12/h2-3,6,9,11,13-15H,4-5H2,1H3. The van der Waals surface area contributed by atoms with E-state index in [-0.39, 0.29) is 5.75 Å². The Kier molecular flexibility index (Phi) is 5.05. The zero-order chi connectivity index (χ0) is 12.1. The molecule has 16 heavy (non-hydrogen) atoms. The van der Waals surface area contributed by atoms with Crippen LogP contribution in [0.25, 0.3) is 0 Å². The number of hydrogen-bond donors (Lipinski definition) is 3. The highest BCUT2D eigenvalue weighted by Crippen LogP contribution is 2.30. The van der Waals surface area contributed by atoms with Crippen molar-refractivity contribution in [3.8, 4) is 11.5 Å². The van der Waals surface area contributed by atoms with Gasteiger partial charge >= 0.3 is 0 Å². The van der Waals surface area contributed by atoms with Crippen molar-refractivity contribution in [2.75, 3.05) is 12.4 Å². The van der Waals surface area contributed by atoms with Gasteiger partial charge in [0.1, 0.15) is 17.6 Å². The zero-order valence-electron chi connectivity index (χ0n) is 8.93. The average molecular weight is 291 g/mol. The molecule has 0 radical (unpaired) electrons. The Morgan fingerprint density at radius 2 is 2.06 bits per heavy atom. The molecule has 0 heterocycles. The molecule has 0 aliphatic heterocycles. The van der Waals surface area contributed by atoms with E-state index in [1.807, 2.05) is 0 Å². The number of ether oxygens (including phenoxy) is 1. The molecule has 2 unspecified atom stereocenters. The molecule has 1 rings (SSSR count). The first kappa shape index (κ1) is 13.3. The third kappa shape index (κ3) is 3.10. The molecule has 0 aliphatic carbocycles. The Hall–Kier alpha value is -0.780. The highest BCUT2D eigenvalue weighted by Gasteiger charge is 2.20. The third-order valence-electron chi connectivity index (χ3n) is 2.33. The van der Waals surface area contributed by atoms with E-state index in [1.54, 1.807) is 6.07 Å². The number of methoxy groups -OCH3 is 1. The lowest BCUT2D eigenvalue weighted by molar-refractivity contribution is 0.0160. The highest BCUT2D eigenvalue weighted by atomic mass is 79.9. The molecule has 0 saturated heterocycles. The van der Waals surface area contributed by atoms with Crippen LogP contribution < -0.4 is 4.74 Å². The molecule has 1 aromatic carbocycles. The number of hydrogen-bond acceptors (Lipinski definition) is 4. The van der Waals surface area contributed by atoms with Gasteiger partial charge in [0.2, 0.25) is 0 Å². The van der Waals surface area contributed by atoms with Crippen molar-refractivity contribution in [1.29, 1.82) is 0 Å². The number of halogens is 1. The molecule has 90 valence electrons. The third-order valence-corrected chi connectivity index (χ3v) is 2.78. The summed E-state index contributed by atoms with van der Waals surface area (Å²) in [6.45, 7) is 0. The lowest BCUT2D eigenvalue weighted by Crippen LogP contribution is -2.18. The van der Waals surface area contributed by atoms with E-state index in [0.717, 1.165) is 0 Å². The van der Waals surface area contributed by atoms with Crippen molar-refractivity contribution in [3.05, 3.63) is 23.8 Å². The Balaban J connectivity index is 2.87. The first-order valence-corrected chi connectivity index (χ1v) is 6.01. The normalized spacial score (nSPS) is 14.5. The second kappa shape index (κ2) is 6.08. The van der Waals surface area contributed by atoms with Crippen LogP contribution >= 0.6 is 15.9 Å². The van der Waals surface area contributed by atoms with Crippen molar-refractivity contribution in [1.82, 2.24) is 0 Å². The van der Waals surface area contributed by atoms with E-state index in [2.05, 4.69) is 15.9 Å². The summed E-state index contributed by atoms with van der Waals surface area (Å²) in [5.41, 5.74) is 0.300. The van der Waals surface area contributed by atoms with E-state index in [1.165, 1.54) is 19.2 Å². The van der Waals surface area contributed by atoms with Crippen molar-refractivity contribution in [2.24, 2.45) is 0 Å². The number of phenols is 1. The fourth-order valence-corrected chi connectivity index (χ4v) is 1.85. The average Bonchev–Trinajstić information content (AvgIpc) is 2.28. The van der Waals surface area contributed by atoms with Gasteiger partial charge in [0, 0.05) is 17.0 Å². The van der Waals surface area contributed by atoms with E-state index < -0.39 is 12.2 Å². The smallest absolute Gasteiger partial charge is 0.125 e. The molecule has 0 bridgehead atoms. The zero-order valence-corrected chi connectivity index (χ0v) is 10.5. The van der Waals surface area contributed by atoms with Crippen LogP contribution in [0.3, 0.4) is 0 Å². The molecule has 1 aromatic rings. The maximum absolute atomic E-state index is 9.79. The van der Waals surface area contributed by atoms with Crippen LogP contribution in [0.5, 0.6) is 11.5 Å². The van der Waals surface area contributed by atoms with Crippen molar-refractivity contribution in [2.45, 2.75) is 18.6 Å². The minimum Gasteiger partial charge on any atom is -0.507 e. The largest absolute Gasteiger partial charge is 0.507 e. The van der Waals surface area contributed by atoms with Crippen molar-refractivity contribution < 1.29 is 20.1 Å². The van der Waals surface area contributed by atoms with Gasteiger partial charge in [0.15, 0.2) is 0 Å². The molecular weight excluding hydrogens is 276 g/mol. The number of aliphatic hydroxyl groups is 2. The summed E-state index contributed by atoms with van der Waals surface area (Å²) in [5.74, 6) is 0.420. The SMILES string of the molecule is COc1ccc(C(O)C(O)CCBr)c(O)c1. The second-order valence-corrected chi connectivity index (χ2v) is 4.21. The van der Waals surface area contributed by atoms with Gasteiger partial charge in [-0.3, -0.25) is 0 Å². The number of aliphatic hydroxyl groups excluding tert-OH is 2. The molecule has 0 fully saturated rings. The lowest BCUT2D eigenvalue weighted by atomic mass is 10.0. The lowest BCUT2D eigenvalue weighted by Gasteiger charge is -2.18. The number of rotatable bonds is 5. The molecule has 0 aromatic heterocycles. The predicted octanol–water partition coefficient (Wildman–Crippen LogP) is 1.58. The topological polar surface area (TPSA) is 69.9 Å². The van der Waals surface area contributed by atoms with Gasteiger partial charge in [-0.1, -0.05) is 15.9 Å². The molecule has 0 spiro atoms. The fraction of sp³-hybridized carbons (Fsp3) is 0.455. The molecule has 5 heteroatoms. The summed E-state index contributed by atoms with van der Waals surface area (Å²) in [6.07, 6.45) is -1.59. The van der Waals surface area contributed by atoms with Crippen molar-refractivity contribution in [3.63, 3.8) is 0 Å². The van der Waals surface area contributed by atoms with Crippen LogP contribution in [-0.2, 0) is 0 Å². The minimum absolute atomic E-state index is 0.0829. The van der Waals surface area contributed by atoms with Crippen LogP contribution in [0.1, 0.15) is 18.1 Å². The quantitative estimate of drug-likeness (QED) is 0.720. The molecule has 4 nitrogen and oxygen atoms in total. The maximum Gasteiger partial charge on any atom is 0.125 e. The Labute approximate surface area is 103 Å². The van der Waals surface area contributed by atoms with Crippen LogP contribution in [-0.4, -0.2) is 33.9 Å². The summed E-state index contributed by atoms with van der Waals surface area (Å²) in [5, 5.41) is 29.6. The first-order valence-electron chi connectivity index (χ1n) is 4.89. The Morgan fingerprint density at radius 1 is 1.38 bits per heavy atom. The van der Waals surface area contributed by atoms with Gasteiger partial charge in [-0.2, -0.15) is 0 Å². The van der Waals surface area contributed by atoms with Gasteiger partial charge < -0.3 is 20.1 Å². The maximum atomic E-state index is 9.79. The Bertz CT molecular complexity index is 343. The monoisotopic (exact) mass is 290 g/mol. The summed E-state index contributed by atoms with van der Waals surface area (Å²) < 4.78 is 4.93. The molecule has 0 amide bonds. The second-order valence-electron chi connectivity index (χ2n) is 3.41. The van der Waals surface area contributed by atoms with Crippen LogP contribution in [0.4, 0.5) is 0 Å². The van der Waals surface area contributed by atoms with Crippen molar-refractivity contribution >= 4 is 15.9 Å². The van der Waals surface area contributed by atoms with E-state index in [9.17, 15) is 15.3 Å². The summed E-state index contributed by atoms with van der Waals surface area (Å²) in [6, 6.07) is 4.56. The highest BCUT2D eigenvalue weighted by molar-refractivity contribution is 9.09. The van der Waals surface area contributed by atoms with Gasteiger partial charge in [-0.15, -0.1) is 0 Å². The fourth-order valence-electron chi connectivity index (χ4n) is 1.38. The number of aromatic hydroxyl groups is 1. The molecular formula is C11H15BrO4. The van der Waals surface area contributed by atoms with Gasteiger partial charge in [-0.05, 0) is 18.6 Å². The van der Waals surface area contributed by atoms with Crippen LogP contribution in [0.15, 0.2) is 18.2 Å². The number of alkyl halides is 1. The molecule has 2 atom stereocenters. The van der Waals surface area contributed by atoms with Gasteiger partial charge in [-0.25, -0.2) is 0 Å². The van der Waals surface area contributed by atoms with E-state index in [4.69, 9.17) is 4.74 Å². The number of phenolic OH excluding ortho intramolecular Hbond substituents is 1. The first-order chi connectivity index (χ1) is 7.60. The minimum atomic E-state index is -1.09. The summed E-state index contributed by atoms with van der Waals surface area (Å²) in [7, 11) is 1.49. The molecule has 0 saturated carbocycles. The van der Waals surface area contributed by atoms with E-state index in [0.29, 0.717) is 23.1 Å². The van der Waals surface area contributed by atoms with Gasteiger partial charge in [0.25, 0.3) is 0 Å². The molecule has 3 N–H and O–H groups in total. The Morgan fingerprint density at radius 3 is 2.56 bits per heavy atom. The van der Waals surface area contributed by atoms with Gasteiger partial charge in [0.05, 0.1) is 13.2 Å². The summed E-state index contributed by atoms with van der Waals surface area (Å²) in [4.78, 5) is 0. The molecule has 0 aliphatic rings. The van der Waals surface area contributed by atoms with Crippen LogP contribution in [0.2, 0.25) is 0 Å². The predicted molar refractivity (Wildman–Crippen MR) is 64.0 cm³/mol. The summed E-state index contributed by atoms with van der Waals surface area (Å²) >= 11 is 3.18. The van der Waals surface area contributed by atoms with E-state index >= 15 is 0 Å². The van der Waals surface area contributed by atoms with Crippen LogP contribution in [0, 0.1) is 0 Å². The number of benzene rings is 1.